The summed E-state index contributed by atoms with van der Waals surface area (Å²) in [5.74, 6) is 0. The monoisotopic (exact) mass is 714 g/mol. The van der Waals surface area contributed by atoms with Crippen LogP contribution in [0.5, 0.6) is 0 Å². The minimum Gasteiger partial charge on any atom is -0.0619 e. The predicted octanol–water partition coefficient (Wildman–Crippen LogP) is 12.1. The van der Waals surface area contributed by atoms with Gasteiger partial charge in [-0.25, -0.2) is 0 Å². The molecule has 0 saturated heterocycles. The van der Waals surface area contributed by atoms with Gasteiger partial charge in [-0.05, 0) is 134 Å². The summed E-state index contributed by atoms with van der Waals surface area (Å²) in [6.07, 6.45) is 0. The van der Waals surface area contributed by atoms with Gasteiger partial charge in [0.05, 0.1) is 5.41 Å². The zero-order valence-corrected chi connectivity index (χ0v) is 29.3. The van der Waals surface area contributed by atoms with E-state index in [2.05, 4.69) is 190 Å². The fourth-order valence-corrected chi connectivity index (χ4v) is 9.44. The number of fused-ring (bicyclic) bond motifs is 8. The number of hydrogen-bond acceptors (Lipinski definition) is 0. The minimum absolute atomic E-state index is 0.368. The van der Waals surface area contributed by atoms with E-state index in [4.69, 9.17) is 0 Å². The van der Waals surface area contributed by atoms with E-state index in [1.165, 1.54) is 92.2 Å². The quantitative estimate of drug-likeness (QED) is 0.160. The molecule has 0 nitrogen and oxygen atoms in total. The van der Waals surface area contributed by atoms with Gasteiger partial charge < -0.3 is 0 Å². The van der Waals surface area contributed by atoms with Crippen molar-refractivity contribution >= 4 is 33.4 Å². The van der Waals surface area contributed by atoms with Gasteiger partial charge >= 0.3 is 0 Å². The zero-order chi connectivity index (χ0) is 32.1. The van der Waals surface area contributed by atoms with Crippen LogP contribution in [0.2, 0.25) is 0 Å². The number of benzene rings is 7. The maximum absolute atomic E-state index is 2.50. The van der Waals surface area contributed by atoms with E-state index in [0.29, 0.717) is 0 Å². The van der Waals surface area contributed by atoms with E-state index in [9.17, 15) is 0 Å². The summed E-state index contributed by atoms with van der Waals surface area (Å²) < 4.78 is 1.27. The van der Waals surface area contributed by atoms with Gasteiger partial charge in [-0.3, -0.25) is 0 Å². The predicted molar refractivity (Wildman–Crippen MR) is 206 cm³/mol. The molecule has 1 atom stereocenters. The molecule has 0 bridgehead atoms. The Morgan fingerprint density at radius 3 is 1.81 bits per heavy atom. The first-order valence-corrected chi connectivity index (χ1v) is 17.6. The molecule has 0 aliphatic heterocycles. The SMILES string of the molecule is Cc1ccc(C2(c3ccc(C)cc3)c3ccccc3-c3c(C4(C)c5cc(I)ccc5-c5ccc6ccccc6c54)cc(C)cc32)cc1. The van der Waals surface area contributed by atoms with Crippen LogP contribution in [0.15, 0.2) is 140 Å². The summed E-state index contributed by atoms with van der Waals surface area (Å²) in [6.45, 7) is 9.15. The molecule has 0 heterocycles. The summed E-state index contributed by atoms with van der Waals surface area (Å²) in [6, 6.07) is 53.4. The molecule has 0 radical (unpaired) electrons. The Morgan fingerprint density at radius 1 is 0.468 bits per heavy atom. The summed E-state index contributed by atoms with van der Waals surface area (Å²) in [5.41, 5.74) is 18.0. The Kier molecular flexibility index (Phi) is 6.27. The maximum Gasteiger partial charge on any atom is 0.0713 e. The second kappa shape index (κ2) is 10.3. The highest BCUT2D eigenvalue weighted by Gasteiger charge is 2.51. The van der Waals surface area contributed by atoms with Gasteiger partial charge in [-0.2, -0.15) is 0 Å². The molecular weight excluding hydrogens is 679 g/mol. The van der Waals surface area contributed by atoms with Crippen molar-refractivity contribution in [2.75, 3.05) is 0 Å². The third-order valence-electron chi connectivity index (χ3n) is 11.0. The molecule has 0 saturated carbocycles. The van der Waals surface area contributed by atoms with Gasteiger partial charge in [-0.1, -0.05) is 144 Å². The van der Waals surface area contributed by atoms with E-state index in [1.54, 1.807) is 0 Å². The van der Waals surface area contributed by atoms with Crippen molar-refractivity contribution in [1.82, 2.24) is 0 Å². The fourth-order valence-electron chi connectivity index (χ4n) is 8.95. The largest absolute Gasteiger partial charge is 0.0713 e. The third kappa shape index (κ3) is 3.87. The van der Waals surface area contributed by atoms with Gasteiger partial charge in [0, 0.05) is 8.99 Å². The first-order chi connectivity index (χ1) is 22.8. The summed E-state index contributed by atoms with van der Waals surface area (Å²) >= 11 is 2.50. The number of rotatable bonds is 3. The normalized spacial score (nSPS) is 16.9. The molecule has 0 fully saturated rings. The molecule has 7 aromatic carbocycles. The number of halogens is 1. The van der Waals surface area contributed by atoms with Crippen molar-refractivity contribution in [1.29, 1.82) is 0 Å². The standard InChI is InChI=1S/C46H35I/c1-28-13-18-32(19-14-28)46(33-20-15-29(2)16-21-33)39-12-8-7-11-38(39)43-41(25-30(3)26-42(43)46)45(4)40-27-34(47)22-24-36(40)37-23-17-31-9-5-6-10-35(31)44(37)45/h5-27H,1-4H3. The number of hydrogen-bond donors (Lipinski definition) is 0. The lowest BCUT2D eigenvalue weighted by molar-refractivity contribution is 0.715. The molecule has 226 valence electrons. The summed E-state index contributed by atoms with van der Waals surface area (Å²) in [7, 11) is 0. The van der Waals surface area contributed by atoms with Gasteiger partial charge in [0.25, 0.3) is 0 Å². The fraction of sp³-hybridized carbons (Fsp3) is 0.130. The van der Waals surface area contributed by atoms with Crippen LogP contribution in [-0.4, -0.2) is 0 Å². The lowest BCUT2D eigenvalue weighted by Gasteiger charge is -2.36. The van der Waals surface area contributed by atoms with E-state index in [-0.39, 0.29) is 5.41 Å². The highest BCUT2D eigenvalue weighted by Crippen LogP contribution is 2.62. The van der Waals surface area contributed by atoms with Gasteiger partial charge in [-0.15, -0.1) is 0 Å². The molecule has 1 unspecified atom stereocenters. The molecule has 0 amide bonds. The van der Waals surface area contributed by atoms with Crippen molar-refractivity contribution < 1.29 is 0 Å². The second-order valence-corrected chi connectivity index (χ2v) is 15.0. The van der Waals surface area contributed by atoms with Crippen LogP contribution in [0, 0.1) is 24.3 Å². The topological polar surface area (TPSA) is 0 Å². The van der Waals surface area contributed by atoms with Gasteiger partial charge in [0.2, 0.25) is 0 Å². The van der Waals surface area contributed by atoms with Crippen molar-refractivity contribution in [3.8, 4) is 22.3 Å². The maximum atomic E-state index is 2.50. The Balaban J connectivity index is 1.47. The van der Waals surface area contributed by atoms with Crippen LogP contribution < -0.4 is 0 Å². The van der Waals surface area contributed by atoms with Crippen molar-refractivity contribution in [3.05, 3.63) is 199 Å². The lowest BCUT2D eigenvalue weighted by atomic mass is 9.65. The molecule has 7 aromatic rings. The van der Waals surface area contributed by atoms with Crippen molar-refractivity contribution in [3.63, 3.8) is 0 Å². The Hall–Kier alpha value is -4.47. The minimum atomic E-state index is -0.446. The molecule has 0 N–H and O–H groups in total. The zero-order valence-electron chi connectivity index (χ0n) is 27.2. The van der Waals surface area contributed by atoms with Crippen LogP contribution in [0.4, 0.5) is 0 Å². The van der Waals surface area contributed by atoms with Crippen LogP contribution in [0.3, 0.4) is 0 Å². The van der Waals surface area contributed by atoms with Gasteiger partial charge in [0.1, 0.15) is 0 Å². The van der Waals surface area contributed by atoms with E-state index < -0.39 is 5.41 Å². The molecule has 47 heavy (non-hydrogen) atoms. The highest BCUT2D eigenvalue weighted by molar-refractivity contribution is 14.1. The third-order valence-corrected chi connectivity index (χ3v) is 11.7. The highest BCUT2D eigenvalue weighted by atomic mass is 127. The Morgan fingerprint density at radius 2 is 1.09 bits per heavy atom. The summed E-state index contributed by atoms with van der Waals surface area (Å²) in [4.78, 5) is 0. The molecule has 2 aliphatic carbocycles. The van der Waals surface area contributed by atoms with Crippen LogP contribution in [0.1, 0.15) is 62.6 Å². The van der Waals surface area contributed by atoms with E-state index >= 15 is 0 Å². The van der Waals surface area contributed by atoms with Crippen LogP contribution in [0.25, 0.3) is 33.0 Å². The smallest absolute Gasteiger partial charge is 0.0619 e. The first kappa shape index (κ1) is 28.7. The summed E-state index contributed by atoms with van der Waals surface area (Å²) in [5, 5.41) is 2.63. The molecule has 2 aliphatic rings. The molecule has 9 rings (SSSR count). The average molecular weight is 715 g/mol. The molecule has 0 aromatic heterocycles. The van der Waals surface area contributed by atoms with Gasteiger partial charge in [0.15, 0.2) is 0 Å². The molecule has 0 spiro atoms. The average Bonchev–Trinajstić information content (AvgIpc) is 3.52. The Labute approximate surface area is 291 Å². The van der Waals surface area contributed by atoms with E-state index in [1.807, 2.05) is 0 Å². The molecule has 1 heteroatoms. The van der Waals surface area contributed by atoms with Crippen LogP contribution in [-0.2, 0) is 10.8 Å². The Bertz CT molecular complexity index is 2350. The number of aryl methyl sites for hydroxylation is 3. The van der Waals surface area contributed by atoms with Crippen LogP contribution >= 0.6 is 22.6 Å². The van der Waals surface area contributed by atoms with E-state index in [0.717, 1.165) is 0 Å². The lowest BCUT2D eigenvalue weighted by Crippen LogP contribution is -2.29. The van der Waals surface area contributed by atoms with Crippen molar-refractivity contribution in [2.24, 2.45) is 0 Å². The first-order valence-electron chi connectivity index (χ1n) is 16.5. The molecular formula is C46H35I. The second-order valence-electron chi connectivity index (χ2n) is 13.8. The van der Waals surface area contributed by atoms with Crippen molar-refractivity contribution in [2.45, 2.75) is 38.5 Å².